The monoisotopic (exact) mass is 355 g/mol. The second kappa shape index (κ2) is 12.5. The van der Waals surface area contributed by atoms with Crippen molar-refractivity contribution in [2.24, 2.45) is 4.99 Å². The normalized spacial score (nSPS) is 17.7. The van der Waals surface area contributed by atoms with Crippen molar-refractivity contribution in [1.29, 1.82) is 0 Å². The average Bonchev–Trinajstić information content (AvgIpc) is 2.61. The Balaban J connectivity index is 2.42. The van der Waals surface area contributed by atoms with Gasteiger partial charge in [-0.3, -0.25) is 9.89 Å². The Kier molecular flexibility index (Phi) is 11.1. The number of rotatable bonds is 11. The first-order valence-electron chi connectivity index (χ1n) is 10.3. The second-order valence-corrected chi connectivity index (χ2v) is 7.12. The Hall–Kier alpha value is -0.850. The van der Waals surface area contributed by atoms with Crippen LogP contribution < -0.4 is 10.6 Å². The zero-order valence-electron chi connectivity index (χ0n) is 17.0. The molecule has 3 N–H and O–H groups in total. The highest BCUT2D eigenvalue weighted by atomic mass is 16.3. The van der Waals surface area contributed by atoms with Gasteiger partial charge in [0.25, 0.3) is 0 Å². The SMILES string of the molecule is CCCC(O)(CCC)CN=C(NCC)NCCN1CCN(CC)CC1. The first-order chi connectivity index (χ1) is 12.1. The molecule has 0 amide bonds. The fourth-order valence-electron chi connectivity index (χ4n) is 3.44. The topological polar surface area (TPSA) is 63.1 Å². The van der Waals surface area contributed by atoms with Gasteiger partial charge in [0.15, 0.2) is 5.96 Å². The third-order valence-corrected chi connectivity index (χ3v) is 4.94. The van der Waals surface area contributed by atoms with Crippen LogP contribution in [0.1, 0.15) is 53.4 Å². The van der Waals surface area contributed by atoms with Crippen LogP contribution in [-0.4, -0.2) is 85.4 Å². The van der Waals surface area contributed by atoms with E-state index in [1.54, 1.807) is 0 Å². The molecule has 0 aromatic heterocycles. The van der Waals surface area contributed by atoms with E-state index in [1.165, 1.54) is 13.1 Å². The number of guanidine groups is 1. The Labute approximate surface area is 155 Å². The van der Waals surface area contributed by atoms with Gasteiger partial charge in [0.2, 0.25) is 0 Å². The molecule has 0 aromatic rings. The molecule has 1 aliphatic rings. The molecule has 1 heterocycles. The minimum absolute atomic E-state index is 0.471. The molecule has 0 atom stereocenters. The quantitative estimate of drug-likeness (QED) is 0.387. The van der Waals surface area contributed by atoms with E-state index in [0.29, 0.717) is 6.54 Å². The lowest BCUT2D eigenvalue weighted by atomic mass is 9.93. The summed E-state index contributed by atoms with van der Waals surface area (Å²) < 4.78 is 0. The molecular weight excluding hydrogens is 314 g/mol. The number of aliphatic hydroxyl groups is 1. The van der Waals surface area contributed by atoms with Crippen LogP contribution in [0.3, 0.4) is 0 Å². The van der Waals surface area contributed by atoms with Gasteiger partial charge in [-0.15, -0.1) is 0 Å². The van der Waals surface area contributed by atoms with E-state index in [1.807, 2.05) is 0 Å². The number of nitrogens with one attached hydrogen (secondary N) is 2. The number of hydrogen-bond donors (Lipinski definition) is 3. The van der Waals surface area contributed by atoms with E-state index < -0.39 is 5.60 Å². The minimum atomic E-state index is -0.664. The Morgan fingerprint density at radius 2 is 1.56 bits per heavy atom. The fourth-order valence-corrected chi connectivity index (χ4v) is 3.44. The van der Waals surface area contributed by atoms with Crippen LogP contribution >= 0.6 is 0 Å². The summed E-state index contributed by atoms with van der Waals surface area (Å²) >= 11 is 0. The van der Waals surface area contributed by atoms with Crippen molar-refractivity contribution in [3.8, 4) is 0 Å². The number of aliphatic imine (C=N–C) groups is 1. The van der Waals surface area contributed by atoms with Gasteiger partial charge in [-0.1, -0.05) is 33.6 Å². The third kappa shape index (κ3) is 8.88. The molecule has 1 saturated heterocycles. The average molecular weight is 356 g/mol. The van der Waals surface area contributed by atoms with E-state index in [-0.39, 0.29) is 0 Å². The van der Waals surface area contributed by atoms with Gasteiger partial charge in [0.05, 0.1) is 12.1 Å². The molecular formula is C19H41N5O. The first kappa shape index (κ1) is 22.2. The highest BCUT2D eigenvalue weighted by Crippen LogP contribution is 2.19. The molecule has 0 bridgehead atoms. The fraction of sp³-hybridized carbons (Fsp3) is 0.947. The highest BCUT2D eigenvalue weighted by Gasteiger charge is 2.24. The number of hydrogen-bond acceptors (Lipinski definition) is 4. The van der Waals surface area contributed by atoms with Crippen LogP contribution in [-0.2, 0) is 0 Å². The van der Waals surface area contributed by atoms with E-state index in [2.05, 4.69) is 53.1 Å². The summed E-state index contributed by atoms with van der Waals surface area (Å²) in [5, 5.41) is 17.4. The molecule has 0 aromatic carbocycles. The van der Waals surface area contributed by atoms with E-state index in [4.69, 9.17) is 0 Å². The molecule has 0 spiro atoms. The van der Waals surface area contributed by atoms with Gasteiger partial charge in [0.1, 0.15) is 0 Å². The highest BCUT2D eigenvalue weighted by molar-refractivity contribution is 5.79. The lowest BCUT2D eigenvalue weighted by Gasteiger charge is -2.34. The standard InChI is InChI=1S/C19H41N5O/c1-5-9-19(25,10-6-2)17-22-18(20-7-3)21-11-12-24-15-13-23(8-4)14-16-24/h25H,5-17H2,1-4H3,(H2,20,21,22). The van der Waals surface area contributed by atoms with Crippen LogP contribution in [0, 0.1) is 0 Å². The summed E-state index contributed by atoms with van der Waals surface area (Å²) in [7, 11) is 0. The van der Waals surface area contributed by atoms with Gasteiger partial charge >= 0.3 is 0 Å². The summed E-state index contributed by atoms with van der Waals surface area (Å²) in [5.41, 5.74) is -0.664. The molecule has 1 aliphatic heterocycles. The summed E-state index contributed by atoms with van der Waals surface area (Å²) in [6, 6.07) is 0. The van der Waals surface area contributed by atoms with Crippen LogP contribution in [0.25, 0.3) is 0 Å². The van der Waals surface area contributed by atoms with Crippen molar-refractivity contribution >= 4 is 5.96 Å². The van der Waals surface area contributed by atoms with Crippen molar-refractivity contribution in [3.05, 3.63) is 0 Å². The molecule has 25 heavy (non-hydrogen) atoms. The molecule has 6 heteroatoms. The Bertz CT molecular complexity index is 361. The van der Waals surface area contributed by atoms with Crippen molar-refractivity contribution in [2.45, 2.75) is 59.0 Å². The number of likely N-dealkylation sites (N-methyl/N-ethyl adjacent to an activating group) is 1. The van der Waals surface area contributed by atoms with Gasteiger partial charge in [-0.25, -0.2) is 0 Å². The maximum atomic E-state index is 10.7. The number of nitrogens with zero attached hydrogens (tertiary/aromatic N) is 3. The molecule has 148 valence electrons. The van der Waals surface area contributed by atoms with Gasteiger partial charge in [-0.05, 0) is 26.3 Å². The second-order valence-electron chi connectivity index (χ2n) is 7.12. The van der Waals surface area contributed by atoms with E-state index in [9.17, 15) is 5.11 Å². The molecule has 1 fully saturated rings. The smallest absolute Gasteiger partial charge is 0.191 e. The minimum Gasteiger partial charge on any atom is -0.388 e. The molecule has 6 nitrogen and oxygen atoms in total. The Morgan fingerprint density at radius 3 is 2.08 bits per heavy atom. The van der Waals surface area contributed by atoms with Crippen molar-refractivity contribution < 1.29 is 5.11 Å². The van der Waals surface area contributed by atoms with Crippen molar-refractivity contribution in [3.63, 3.8) is 0 Å². The van der Waals surface area contributed by atoms with Crippen LogP contribution in [0.2, 0.25) is 0 Å². The largest absolute Gasteiger partial charge is 0.388 e. The summed E-state index contributed by atoms with van der Waals surface area (Å²) in [5.74, 6) is 0.820. The number of piperazine rings is 1. The lowest BCUT2D eigenvalue weighted by molar-refractivity contribution is 0.0306. The summed E-state index contributed by atoms with van der Waals surface area (Å²) in [6.07, 6.45) is 3.59. The molecule has 0 aliphatic carbocycles. The maximum Gasteiger partial charge on any atom is 0.191 e. The first-order valence-corrected chi connectivity index (χ1v) is 10.3. The van der Waals surface area contributed by atoms with Gasteiger partial charge in [0, 0.05) is 45.8 Å². The predicted molar refractivity (Wildman–Crippen MR) is 107 cm³/mol. The van der Waals surface area contributed by atoms with Crippen LogP contribution in [0.15, 0.2) is 4.99 Å². The van der Waals surface area contributed by atoms with Crippen molar-refractivity contribution in [2.75, 3.05) is 58.9 Å². The maximum absolute atomic E-state index is 10.7. The van der Waals surface area contributed by atoms with Gasteiger partial charge in [-0.2, -0.15) is 0 Å². The van der Waals surface area contributed by atoms with E-state index >= 15 is 0 Å². The summed E-state index contributed by atoms with van der Waals surface area (Å²) in [4.78, 5) is 9.65. The van der Waals surface area contributed by atoms with Crippen LogP contribution in [0.4, 0.5) is 0 Å². The lowest BCUT2D eigenvalue weighted by Crippen LogP contribution is -2.49. The van der Waals surface area contributed by atoms with E-state index in [0.717, 1.165) is 70.9 Å². The predicted octanol–water partition coefficient (Wildman–Crippen LogP) is 1.51. The zero-order valence-corrected chi connectivity index (χ0v) is 17.0. The summed E-state index contributed by atoms with van der Waals surface area (Å²) in [6.45, 7) is 17.6. The third-order valence-electron chi connectivity index (χ3n) is 4.94. The Morgan fingerprint density at radius 1 is 0.960 bits per heavy atom. The van der Waals surface area contributed by atoms with Crippen molar-refractivity contribution in [1.82, 2.24) is 20.4 Å². The molecule has 1 rings (SSSR count). The molecule has 0 radical (unpaired) electrons. The molecule has 0 unspecified atom stereocenters. The van der Waals surface area contributed by atoms with Crippen LogP contribution in [0.5, 0.6) is 0 Å². The van der Waals surface area contributed by atoms with Gasteiger partial charge < -0.3 is 20.6 Å². The zero-order chi connectivity index (χ0) is 18.5. The molecule has 0 saturated carbocycles.